The van der Waals surface area contributed by atoms with Gasteiger partial charge in [0, 0.05) is 0 Å². The summed E-state index contributed by atoms with van der Waals surface area (Å²) in [7, 11) is 0. The zero-order valence-corrected chi connectivity index (χ0v) is 12.9. The van der Waals surface area contributed by atoms with Crippen molar-refractivity contribution < 1.29 is 4.39 Å². The summed E-state index contributed by atoms with van der Waals surface area (Å²) in [4.78, 5) is 8.65. The van der Waals surface area contributed by atoms with Crippen molar-refractivity contribution in [2.45, 2.75) is 13.8 Å². The molecule has 0 radical (unpaired) electrons. The molecule has 106 valence electrons. The van der Waals surface area contributed by atoms with Crippen LogP contribution >= 0.6 is 23.2 Å². The van der Waals surface area contributed by atoms with E-state index in [4.69, 9.17) is 23.2 Å². The van der Waals surface area contributed by atoms with Gasteiger partial charge in [-0.3, -0.25) is 0 Å². The van der Waals surface area contributed by atoms with Crippen LogP contribution in [0.3, 0.4) is 0 Å². The van der Waals surface area contributed by atoms with E-state index in [-0.39, 0.29) is 16.8 Å². The van der Waals surface area contributed by atoms with Crippen molar-refractivity contribution in [2.75, 3.05) is 0 Å². The Morgan fingerprint density at radius 3 is 2.52 bits per heavy atom. The van der Waals surface area contributed by atoms with E-state index in [9.17, 15) is 4.39 Å². The Hall–Kier alpha value is -1.71. The fourth-order valence-corrected chi connectivity index (χ4v) is 2.78. The maximum Gasteiger partial charge on any atom is 0.164 e. The normalized spacial score (nSPS) is 11.1. The lowest BCUT2D eigenvalue weighted by Crippen LogP contribution is -1.96. The van der Waals surface area contributed by atoms with Crippen LogP contribution in [0.1, 0.15) is 11.1 Å². The summed E-state index contributed by atoms with van der Waals surface area (Å²) in [6.45, 7) is 3.78. The van der Waals surface area contributed by atoms with E-state index < -0.39 is 0 Å². The van der Waals surface area contributed by atoms with E-state index in [1.807, 2.05) is 19.9 Å². The molecule has 0 saturated heterocycles. The summed E-state index contributed by atoms with van der Waals surface area (Å²) in [5, 5.41) is 1.30. The van der Waals surface area contributed by atoms with E-state index in [1.54, 1.807) is 18.2 Å². The summed E-state index contributed by atoms with van der Waals surface area (Å²) in [5.74, 6) is -0.116. The molecule has 0 atom stereocenters. The lowest BCUT2D eigenvalue weighted by molar-refractivity contribution is 0.629. The largest absolute Gasteiger partial charge is 0.227 e. The number of nitrogens with zero attached hydrogens (tertiary/aromatic N) is 2. The highest BCUT2D eigenvalue weighted by molar-refractivity contribution is 6.41. The average molecular weight is 321 g/mol. The summed E-state index contributed by atoms with van der Waals surface area (Å²) in [6, 6.07) is 8.40. The second kappa shape index (κ2) is 5.24. The molecular weight excluding hydrogens is 310 g/mol. The second-order valence-electron chi connectivity index (χ2n) is 4.91. The zero-order valence-electron chi connectivity index (χ0n) is 11.4. The zero-order chi connectivity index (χ0) is 15.1. The molecule has 0 bridgehead atoms. The van der Waals surface area contributed by atoms with Crippen molar-refractivity contribution >= 4 is 34.1 Å². The van der Waals surface area contributed by atoms with Crippen molar-refractivity contribution in [3.8, 4) is 11.4 Å². The topological polar surface area (TPSA) is 25.8 Å². The van der Waals surface area contributed by atoms with Crippen LogP contribution in [0.4, 0.5) is 4.39 Å². The average Bonchev–Trinajstić information content (AvgIpc) is 2.45. The van der Waals surface area contributed by atoms with Crippen molar-refractivity contribution in [3.63, 3.8) is 0 Å². The molecule has 2 nitrogen and oxygen atoms in total. The molecule has 1 aromatic heterocycles. The number of aromatic nitrogens is 2. The maximum atomic E-state index is 14.0. The number of halogens is 3. The van der Waals surface area contributed by atoms with Crippen LogP contribution in [0, 0.1) is 19.7 Å². The minimum atomic E-state index is -0.379. The van der Waals surface area contributed by atoms with Crippen LogP contribution in [0.2, 0.25) is 10.2 Å². The van der Waals surface area contributed by atoms with Gasteiger partial charge in [-0.2, -0.15) is 0 Å². The fourth-order valence-electron chi connectivity index (χ4n) is 2.22. The first-order valence-electron chi connectivity index (χ1n) is 6.36. The number of benzene rings is 2. The Morgan fingerprint density at radius 2 is 1.76 bits per heavy atom. The molecule has 3 aromatic rings. The van der Waals surface area contributed by atoms with Gasteiger partial charge in [0.25, 0.3) is 0 Å². The summed E-state index contributed by atoms with van der Waals surface area (Å²) < 4.78 is 14.0. The highest BCUT2D eigenvalue weighted by Gasteiger charge is 2.15. The summed E-state index contributed by atoms with van der Waals surface area (Å²) in [5.41, 5.74) is 2.80. The Balaban J connectivity index is 2.35. The van der Waals surface area contributed by atoms with Gasteiger partial charge >= 0.3 is 0 Å². The molecule has 0 N–H and O–H groups in total. The number of aryl methyl sites for hydroxylation is 2. The molecule has 21 heavy (non-hydrogen) atoms. The number of hydrogen-bond acceptors (Lipinski definition) is 2. The van der Waals surface area contributed by atoms with Gasteiger partial charge in [0.2, 0.25) is 0 Å². The molecule has 0 aliphatic heterocycles. The van der Waals surface area contributed by atoms with Crippen molar-refractivity contribution in [1.82, 2.24) is 9.97 Å². The van der Waals surface area contributed by atoms with Gasteiger partial charge in [-0.05, 0) is 37.6 Å². The first kappa shape index (κ1) is 14.2. The Bertz CT molecular complexity index is 863. The fraction of sp³-hybridized carbons (Fsp3) is 0.125. The number of hydrogen-bond donors (Lipinski definition) is 0. The lowest BCUT2D eigenvalue weighted by Gasteiger charge is -2.09. The van der Waals surface area contributed by atoms with Gasteiger partial charge in [0.05, 0.1) is 21.5 Å². The maximum absolute atomic E-state index is 14.0. The molecule has 0 saturated carbocycles. The van der Waals surface area contributed by atoms with Gasteiger partial charge in [0.1, 0.15) is 11.0 Å². The molecule has 2 aromatic carbocycles. The molecule has 0 fully saturated rings. The molecule has 5 heteroatoms. The van der Waals surface area contributed by atoms with Gasteiger partial charge in [0.15, 0.2) is 5.82 Å². The van der Waals surface area contributed by atoms with Crippen LogP contribution in [-0.4, -0.2) is 9.97 Å². The third-order valence-corrected chi connectivity index (χ3v) is 3.91. The van der Waals surface area contributed by atoms with E-state index in [1.165, 1.54) is 6.07 Å². The van der Waals surface area contributed by atoms with E-state index in [0.29, 0.717) is 21.5 Å². The molecule has 0 aliphatic rings. The molecular formula is C16H11Cl2FN2. The first-order chi connectivity index (χ1) is 9.97. The van der Waals surface area contributed by atoms with E-state index in [0.717, 1.165) is 11.1 Å². The predicted molar refractivity (Wildman–Crippen MR) is 84.4 cm³/mol. The highest BCUT2D eigenvalue weighted by atomic mass is 35.5. The Kier molecular flexibility index (Phi) is 3.56. The van der Waals surface area contributed by atoms with Crippen molar-refractivity contribution in [1.29, 1.82) is 0 Å². The molecule has 0 amide bonds. The molecule has 1 heterocycles. The van der Waals surface area contributed by atoms with Crippen LogP contribution in [-0.2, 0) is 0 Å². The van der Waals surface area contributed by atoms with E-state index in [2.05, 4.69) is 9.97 Å². The Morgan fingerprint density at radius 1 is 1.00 bits per heavy atom. The molecule has 0 spiro atoms. The SMILES string of the molecule is Cc1ccc(F)c(-c2nc(Cl)c3c(Cl)ccc(C)c3n2)c1. The van der Waals surface area contributed by atoms with Crippen LogP contribution in [0.25, 0.3) is 22.3 Å². The van der Waals surface area contributed by atoms with Crippen LogP contribution < -0.4 is 0 Å². The monoisotopic (exact) mass is 320 g/mol. The summed E-state index contributed by atoms with van der Waals surface area (Å²) in [6.07, 6.45) is 0. The van der Waals surface area contributed by atoms with Crippen molar-refractivity contribution in [3.05, 3.63) is 57.5 Å². The molecule has 0 aliphatic carbocycles. The molecule has 0 unspecified atom stereocenters. The summed E-state index contributed by atoms with van der Waals surface area (Å²) >= 11 is 12.4. The minimum absolute atomic E-state index is 0.226. The Labute approximate surface area is 131 Å². The van der Waals surface area contributed by atoms with Crippen molar-refractivity contribution in [2.24, 2.45) is 0 Å². The van der Waals surface area contributed by atoms with Crippen LogP contribution in [0.15, 0.2) is 30.3 Å². The number of rotatable bonds is 1. The van der Waals surface area contributed by atoms with Gasteiger partial charge in [-0.15, -0.1) is 0 Å². The predicted octanol–water partition coefficient (Wildman–Crippen LogP) is 5.36. The smallest absolute Gasteiger partial charge is 0.164 e. The highest BCUT2D eigenvalue weighted by Crippen LogP contribution is 2.32. The minimum Gasteiger partial charge on any atom is -0.227 e. The van der Waals surface area contributed by atoms with Gasteiger partial charge in [-0.1, -0.05) is 40.9 Å². The third-order valence-electron chi connectivity index (χ3n) is 3.32. The first-order valence-corrected chi connectivity index (χ1v) is 7.12. The van der Waals surface area contributed by atoms with E-state index >= 15 is 0 Å². The molecule has 3 rings (SSSR count). The standard InChI is InChI=1S/C16H11Cl2FN2/c1-8-3-6-12(19)10(7-8)16-20-14-9(2)4-5-11(17)13(14)15(18)21-16/h3-7H,1-2H3. The van der Waals surface area contributed by atoms with Gasteiger partial charge in [-0.25, -0.2) is 14.4 Å². The lowest BCUT2D eigenvalue weighted by atomic mass is 10.1. The quantitative estimate of drug-likeness (QED) is 0.564. The second-order valence-corrected chi connectivity index (χ2v) is 5.67. The third kappa shape index (κ3) is 2.47. The van der Waals surface area contributed by atoms with Crippen LogP contribution in [0.5, 0.6) is 0 Å². The number of fused-ring (bicyclic) bond motifs is 1. The van der Waals surface area contributed by atoms with Gasteiger partial charge < -0.3 is 0 Å².